The van der Waals surface area contributed by atoms with Crippen LogP contribution in [0.1, 0.15) is 69.4 Å². The molecule has 0 radical (unpaired) electrons. The van der Waals surface area contributed by atoms with Gasteiger partial charge in [-0.05, 0) is 36.2 Å². The van der Waals surface area contributed by atoms with Crippen molar-refractivity contribution in [3.05, 3.63) is 29.3 Å². The zero-order valence-electron chi connectivity index (χ0n) is 13.0. The Morgan fingerprint density at radius 1 is 0.900 bits per heavy atom. The third-order valence-corrected chi connectivity index (χ3v) is 4.35. The molecule has 2 N–H and O–H groups in total. The molecule has 2 nitrogen and oxygen atoms in total. The maximum absolute atomic E-state index is 5.85. The highest BCUT2D eigenvalue weighted by Crippen LogP contribution is 2.24. The lowest BCUT2D eigenvalue weighted by Crippen LogP contribution is -2.17. The molecule has 1 aliphatic rings. The first-order valence-electron chi connectivity index (χ1n) is 8.39. The number of nitrogens with zero attached hydrogens (tertiary/aromatic N) is 1. The number of rotatable bonds is 9. The van der Waals surface area contributed by atoms with Gasteiger partial charge in [0.1, 0.15) is 0 Å². The van der Waals surface area contributed by atoms with Crippen LogP contribution in [0.25, 0.3) is 0 Å². The van der Waals surface area contributed by atoms with E-state index in [1.807, 2.05) is 6.07 Å². The van der Waals surface area contributed by atoms with Crippen LogP contribution in [0.2, 0.25) is 0 Å². The van der Waals surface area contributed by atoms with Crippen LogP contribution in [-0.2, 0) is 13.1 Å². The van der Waals surface area contributed by atoms with Gasteiger partial charge in [-0.2, -0.15) is 0 Å². The molecule has 1 aromatic rings. The van der Waals surface area contributed by atoms with E-state index in [1.54, 1.807) is 0 Å². The standard InChI is InChI=1S/C18H30N2/c1-2-3-4-5-6-7-8-9-12-20-14-16-10-11-18(19)13-17(16)15-20/h10-11,13H,2-9,12,14-15,19H2,1H3. The second-order valence-corrected chi connectivity index (χ2v) is 6.21. The molecular formula is C18H30N2. The maximum atomic E-state index is 5.85. The average molecular weight is 274 g/mol. The predicted molar refractivity (Wildman–Crippen MR) is 87.6 cm³/mol. The van der Waals surface area contributed by atoms with Crippen molar-refractivity contribution >= 4 is 5.69 Å². The van der Waals surface area contributed by atoms with E-state index in [1.165, 1.54) is 69.0 Å². The first-order valence-corrected chi connectivity index (χ1v) is 8.39. The Morgan fingerprint density at radius 2 is 1.55 bits per heavy atom. The smallest absolute Gasteiger partial charge is 0.0317 e. The van der Waals surface area contributed by atoms with Crippen molar-refractivity contribution < 1.29 is 0 Å². The van der Waals surface area contributed by atoms with E-state index >= 15 is 0 Å². The fraction of sp³-hybridized carbons (Fsp3) is 0.667. The Kier molecular flexibility index (Phi) is 6.38. The summed E-state index contributed by atoms with van der Waals surface area (Å²) in [6.45, 7) is 5.73. The van der Waals surface area contributed by atoms with E-state index < -0.39 is 0 Å². The molecule has 1 aromatic carbocycles. The van der Waals surface area contributed by atoms with Crippen molar-refractivity contribution in [1.82, 2.24) is 4.90 Å². The number of benzene rings is 1. The number of nitrogen functional groups attached to an aromatic ring is 1. The highest BCUT2D eigenvalue weighted by molar-refractivity contribution is 5.46. The van der Waals surface area contributed by atoms with Crippen LogP contribution in [0.15, 0.2) is 18.2 Å². The predicted octanol–water partition coefficient (Wildman–Crippen LogP) is 4.73. The maximum Gasteiger partial charge on any atom is 0.0317 e. The zero-order valence-corrected chi connectivity index (χ0v) is 13.0. The first kappa shape index (κ1) is 15.4. The van der Waals surface area contributed by atoms with Crippen LogP contribution in [0.5, 0.6) is 0 Å². The molecule has 0 unspecified atom stereocenters. The Bertz CT molecular complexity index is 400. The minimum Gasteiger partial charge on any atom is -0.399 e. The Hall–Kier alpha value is -1.02. The summed E-state index contributed by atoms with van der Waals surface area (Å²) in [5.74, 6) is 0. The van der Waals surface area contributed by atoms with Crippen molar-refractivity contribution in [2.45, 2.75) is 71.4 Å². The third-order valence-electron chi connectivity index (χ3n) is 4.35. The van der Waals surface area contributed by atoms with E-state index in [0.29, 0.717) is 0 Å². The van der Waals surface area contributed by atoms with E-state index in [4.69, 9.17) is 5.73 Å². The lowest BCUT2D eigenvalue weighted by Gasteiger charge is -2.14. The summed E-state index contributed by atoms with van der Waals surface area (Å²) in [5, 5.41) is 0. The van der Waals surface area contributed by atoms with Crippen LogP contribution >= 0.6 is 0 Å². The minimum absolute atomic E-state index is 0.901. The van der Waals surface area contributed by atoms with E-state index in [-0.39, 0.29) is 0 Å². The largest absolute Gasteiger partial charge is 0.399 e. The molecule has 0 fully saturated rings. The average Bonchev–Trinajstić information content (AvgIpc) is 2.83. The molecule has 0 spiro atoms. The van der Waals surface area contributed by atoms with E-state index in [0.717, 1.165) is 18.8 Å². The second-order valence-electron chi connectivity index (χ2n) is 6.21. The van der Waals surface area contributed by atoms with Crippen molar-refractivity contribution in [2.75, 3.05) is 12.3 Å². The number of hydrogen-bond acceptors (Lipinski definition) is 2. The highest BCUT2D eigenvalue weighted by Gasteiger charge is 2.17. The highest BCUT2D eigenvalue weighted by atomic mass is 15.1. The molecule has 1 heterocycles. The topological polar surface area (TPSA) is 29.3 Å². The summed E-state index contributed by atoms with van der Waals surface area (Å²) in [6, 6.07) is 6.36. The molecule has 1 aliphatic heterocycles. The molecule has 0 aliphatic carbocycles. The zero-order chi connectivity index (χ0) is 14.2. The fourth-order valence-electron chi connectivity index (χ4n) is 3.11. The number of nitrogens with two attached hydrogens (primary N) is 1. The number of anilines is 1. The van der Waals surface area contributed by atoms with Crippen LogP contribution in [-0.4, -0.2) is 11.4 Å². The molecule has 0 bridgehead atoms. The van der Waals surface area contributed by atoms with Gasteiger partial charge in [0.15, 0.2) is 0 Å². The van der Waals surface area contributed by atoms with Crippen molar-refractivity contribution in [3.8, 4) is 0 Å². The monoisotopic (exact) mass is 274 g/mol. The Balaban J connectivity index is 1.54. The lowest BCUT2D eigenvalue weighted by molar-refractivity contribution is 0.276. The molecular weight excluding hydrogens is 244 g/mol. The van der Waals surface area contributed by atoms with Gasteiger partial charge in [-0.3, -0.25) is 4.90 Å². The van der Waals surface area contributed by atoms with Gasteiger partial charge < -0.3 is 5.73 Å². The van der Waals surface area contributed by atoms with Crippen molar-refractivity contribution in [2.24, 2.45) is 0 Å². The molecule has 2 heteroatoms. The third kappa shape index (κ3) is 4.82. The summed E-state index contributed by atoms with van der Waals surface area (Å²) in [7, 11) is 0. The van der Waals surface area contributed by atoms with Gasteiger partial charge in [0.05, 0.1) is 0 Å². The van der Waals surface area contributed by atoms with Gasteiger partial charge in [0.2, 0.25) is 0 Å². The summed E-state index contributed by atoms with van der Waals surface area (Å²) in [5.41, 5.74) is 9.65. The Morgan fingerprint density at radius 3 is 2.30 bits per heavy atom. The molecule has 0 aromatic heterocycles. The number of hydrogen-bond donors (Lipinski definition) is 1. The normalized spacial score (nSPS) is 14.7. The van der Waals surface area contributed by atoms with Crippen LogP contribution in [0.3, 0.4) is 0 Å². The van der Waals surface area contributed by atoms with Gasteiger partial charge in [0, 0.05) is 18.8 Å². The van der Waals surface area contributed by atoms with Gasteiger partial charge in [-0.25, -0.2) is 0 Å². The second kappa shape index (κ2) is 8.31. The molecule has 0 saturated heterocycles. The SMILES string of the molecule is CCCCCCCCCCN1Cc2ccc(N)cc2C1. The number of unbranched alkanes of at least 4 members (excludes halogenated alkanes) is 7. The van der Waals surface area contributed by atoms with Crippen molar-refractivity contribution in [1.29, 1.82) is 0 Å². The van der Waals surface area contributed by atoms with Crippen molar-refractivity contribution in [3.63, 3.8) is 0 Å². The first-order chi connectivity index (χ1) is 9.79. The minimum atomic E-state index is 0.901. The molecule has 20 heavy (non-hydrogen) atoms. The molecule has 112 valence electrons. The summed E-state index contributed by atoms with van der Waals surface area (Å²) < 4.78 is 0. The van der Waals surface area contributed by atoms with E-state index in [9.17, 15) is 0 Å². The summed E-state index contributed by atoms with van der Waals surface area (Å²) >= 11 is 0. The fourth-order valence-corrected chi connectivity index (χ4v) is 3.11. The quantitative estimate of drug-likeness (QED) is 0.521. The van der Waals surface area contributed by atoms with Gasteiger partial charge in [-0.1, -0.05) is 57.9 Å². The molecule has 2 rings (SSSR count). The Labute approximate surface area is 124 Å². The number of fused-ring (bicyclic) bond motifs is 1. The van der Waals surface area contributed by atoms with E-state index in [2.05, 4.69) is 24.0 Å². The molecule has 0 atom stereocenters. The van der Waals surface area contributed by atoms with Crippen LogP contribution in [0.4, 0.5) is 5.69 Å². The summed E-state index contributed by atoms with van der Waals surface area (Å²) in [4.78, 5) is 2.56. The van der Waals surface area contributed by atoms with Gasteiger partial charge in [0.25, 0.3) is 0 Å². The van der Waals surface area contributed by atoms with Crippen LogP contribution < -0.4 is 5.73 Å². The summed E-state index contributed by atoms with van der Waals surface area (Å²) in [6.07, 6.45) is 11.2. The van der Waals surface area contributed by atoms with Gasteiger partial charge >= 0.3 is 0 Å². The van der Waals surface area contributed by atoms with Gasteiger partial charge in [-0.15, -0.1) is 0 Å². The molecule has 0 amide bonds. The van der Waals surface area contributed by atoms with Crippen LogP contribution in [0, 0.1) is 0 Å². The lowest BCUT2D eigenvalue weighted by atomic mass is 10.1. The molecule has 0 saturated carbocycles.